The highest BCUT2D eigenvalue weighted by atomic mass is 35.5. The highest BCUT2D eigenvalue weighted by Gasteiger charge is 2.14. The van der Waals surface area contributed by atoms with Crippen LogP contribution in [0.15, 0.2) is 36.4 Å². The highest BCUT2D eigenvalue weighted by molar-refractivity contribution is 6.42. The van der Waals surface area contributed by atoms with Gasteiger partial charge in [-0.1, -0.05) is 29.3 Å². The van der Waals surface area contributed by atoms with Crippen LogP contribution in [0.3, 0.4) is 0 Å². The second-order valence-electron chi connectivity index (χ2n) is 4.53. The van der Waals surface area contributed by atoms with Crippen molar-refractivity contribution in [1.29, 1.82) is 0 Å². The van der Waals surface area contributed by atoms with E-state index in [0.29, 0.717) is 21.2 Å². The van der Waals surface area contributed by atoms with E-state index in [0.717, 1.165) is 0 Å². The lowest BCUT2D eigenvalue weighted by molar-refractivity contribution is 0.172. The van der Waals surface area contributed by atoms with Gasteiger partial charge >= 0.3 is 6.09 Å². The van der Waals surface area contributed by atoms with Gasteiger partial charge in [0.05, 0.1) is 10.0 Å². The SMILES string of the molecule is CN(C)C(=O)Oc1ccc(F)cc1-c1ccc(Cl)c(Cl)c1. The van der Waals surface area contributed by atoms with Gasteiger partial charge in [0.2, 0.25) is 0 Å². The maximum absolute atomic E-state index is 13.5. The van der Waals surface area contributed by atoms with E-state index in [1.807, 2.05) is 0 Å². The van der Waals surface area contributed by atoms with Crippen LogP contribution in [-0.4, -0.2) is 25.1 Å². The van der Waals surface area contributed by atoms with Gasteiger partial charge in [-0.3, -0.25) is 0 Å². The van der Waals surface area contributed by atoms with E-state index >= 15 is 0 Å². The first kappa shape index (κ1) is 15.6. The molecule has 110 valence electrons. The van der Waals surface area contributed by atoms with Crippen LogP contribution in [0.1, 0.15) is 0 Å². The number of halogens is 3. The lowest BCUT2D eigenvalue weighted by atomic mass is 10.0. The molecule has 0 unspecified atom stereocenters. The molecule has 21 heavy (non-hydrogen) atoms. The Hall–Kier alpha value is -1.78. The molecule has 0 saturated heterocycles. The number of amides is 1. The number of ether oxygens (including phenoxy) is 1. The predicted molar refractivity (Wildman–Crippen MR) is 81.6 cm³/mol. The van der Waals surface area contributed by atoms with E-state index in [-0.39, 0.29) is 5.75 Å². The summed E-state index contributed by atoms with van der Waals surface area (Å²) >= 11 is 11.8. The predicted octanol–water partition coefficient (Wildman–Crippen LogP) is 4.86. The maximum atomic E-state index is 13.5. The second-order valence-corrected chi connectivity index (χ2v) is 5.35. The first-order chi connectivity index (χ1) is 9.88. The zero-order chi connectivity index (χ0) is 15.6. The minimum Gasteiger partial charge on any atom is -0.410 e. The summed E-state index contributed by atoms with van der Waals surface area (Å²) in [7, 11) is 3.12. The molecule has 0 aliphatic rings. The van der Waals surface area contributed by atoms with Crippen molar-refractivity contribution in [1.82, 2.24) is 4.90 Å². The van der Waals surface area contributed by atoms with Crippen LogP contribution in [0.4, 0.5) is 9.18 Å². The molecule has 0 atom stereocenters. The Bertz CT molecular complexity index is 689. The summed E-state index contributed by atoms with van der Waals surface area (Å²) in [4.78, 5) is 12.9. The van der Waals surface area contributed by atoms with E-state index in [4.69, 9.17) is 27.9 Å². The molecular formula is C15H12Cl2FNO2. The Morgan fingerprint density at radius 3 is 2.43 bits per heavy atom. The highest BCUT2D eigenvalue weighted by Crippen LogP contribution is 2.34. The second kappa shape index (κ2) is 6.33. The van der Waals surface area contributed by atoms with Gasteiger partial charge in [0, 0.05) is 19.7 Å². The molecular weight excluding hydrogens is 316 g/mol. The summed E-state index contributed by atoms with van der Waals surface area (Å²) in [5, 5.41) is 0.729. The summed E-state index contributed by atoms with van der Waals surface area (Å²) in [5.41, 5.74) is 1.02. The number of nitrogens with zero attached hydrogens (tertiary/aromatic N) is 1. The lowest BCUT2D eigenvalue weighted by Gasteiger charge is -2.14. The molecule has 6 heteroatoms. The fraction of sp³-hybridized carbons (Fsp3) is 0.133. The monoisotopic (exact) mass is 327 g/mol. The number of hydrogen-bond acceptors (Lipinski definition) is 2. The zero-order valence-corrected chi connectivity index (χ0v) is 12.9. The van der Waals surface area contributed by atoms with Crippen molar-refractivity contribution in [2.24, 2.45) is 0 Å². The van der Waals surface area contributed by atoms with Gasteiger partial charge in [0.25, 0.3) is 0 Å². The smallest absolute Gasteiger partial charge is 0.410 e. The molecule has 2 rings (SSSR count). The quantitative estimate of drug-likeness (QED) is 0.788. The molecule has 0 spiro atoms. The summed E-state index contributed by atoms with van der Waals surface area (Å²) in [6.07, 6.45) is -0.553. The van der Waals surface area contributed by atoms with Crippen LogP contribution in [0.2, 0.25) is 10.0 Å². The Morgan fingerprint density at radius 2 is 1.81 bits per heavy atom. The van der Waals surface area contributed by atoms with Crippen molar-refractivity contribution >= 4 is 29.3 Å². The normalized spacial score (nSPS) is 10.3. The van der Waals surface area contributed by atoms with E-state index in [1.54, 1.807) is 32.3 Å². The molecule has 0 aromatic heterocycles. The van der Waals surface area contributed by atoms with Crippen LogP contribution >= 0.6 is 23.2 Å². The minimum absolute atomic E-state index is 0.244. The third kappa shape index (κ3) is 3.65. The molecule has 0 aliphatic carbocycles. The van der Waals surface area contributed by atoms with Crippen molar-refractivity contribution in [3.8, 4) is 16.9 Å². The van der Waals surface area contributed by atoms with Crippen LogP contribution in [-0.2, 0) is 0 Å². The molecule has 3 nitrogen and oxygen atoms in total. The Labute approximate surface area is 131 Å². The van der Waals surface area contributed by atoms with Gasteiger partial charge in [-0.05, 0) is 35.9 Å². The summed E-state index contributed by atoms with van der Waals surface area (Å²) in [6.45, 7) is 0. The Balaban J connectivity index is 2.48. The first-order valence-corrected chi connectivity index (χ1v) is 6.78. The molecule has 1 amide bonds. The van der Waals surface area contributed by atoms with Crippen molar-refractivity contribution in [2.45, 2.75) is 0 Å². The topological polar surface area (TPSA) is 29.5 Å². The molecule has 0 fully saturated rings. The first-order valence-electron chi connectivity index (χ1n) is 6.02. The molecule has 0 N–H and O–H groups in total. The zero-order valence-electron chi connectivity index (χ0n) is 11.4. The van der Waals surface area contributed by atoms with E-state index in [9.17, 15) is 9.18 Å². The van der Waals surface area contributed by atoms with Crippen molar-refractivity contribution in [3.05, 3.63) is 52.3 Å². The largest absolute Gasteiger partial charge is 0.414 e. The minimum atomic E-state index is -0.553. The average Bonchev–Trinajstić information content (AvgIpc) is 2.43. The standard InChI is InChI=1S/C15H12Cl2FNO2/c1-19(2)15(20)21-14-6-4-10(18)8-11(14)9-3-5-12(16)13(17)7-9/h3-8H,1-2H3. The summed E-state index contributed by atoms with van der Waals surface area (Å²) < 4.78 is 18.7. The number of hydrogen-bond donors (Lipinski definition) is 0. The van der Waals surface area contributed by atoms with Crippen molar-refractivity contribution < 1.29 is 13.9 Å². The summed E-state index contributed by atoms with van der Waals surface area (Å²) in [5.74, 6) is -0.200. The van der Waals surface area contributed by atoms with Gasteiger partial charge < -0.3 is 9.64 Å². The molecule has 0 saturated carbocycles. The van der Waals surface area contributed by atoms with Crippen LogP contribution in [0.25, 0.3) is 11.1 Å². The fourth-order valence-corrected chi connectivity index (χ4v) is 1.96. The third-order valence-electron chi connectivity index (χ3n) is 2.73. The van der Waals surface area contributed by atoms with Gasteiger partial charge in [0.1, 0.15) is 11.6 Å². The lowest BCUT2D eigenvalue weighted by Crippen LogP contribution is -2.25. The van der Waals surface area contributed by atoms with E-state index < -0.39 is 11.9 Å². The number of rotatable bonds is 2. The fourth-order valence-electron chi connectivity index (χ4n) is 1.67. The molecule has 2 aromatic rings. The molecule has 0 aliphatic heterocycles. The molecule has 0 heterocycles. The van der Waals surface area contributed by atoms with Crippen molar-refractivity contribution in [2.75, 3.05) is 14.1 Å². The van der Waals surface area contributed by atoms with Crippen LogP contribution in [0.5, 0.6) is 5.75 Å². The molecule has 2 aromatic carbocycles. The van der Waals surface area contributed by atoms with Gasteiger partial charge in [-0.2, -0.15) is 0 Å². The summed E-state index contributed by atoms with van der Waals surface area (Å²) in [6, 6.07) is 8.76. The Kier molecular flexibility index (Phi) is 4.70. The third-order valence-corrected chi connectivity index (χ3v) is 3.47. The number of benzene rings is 2. The average molecular weight is 328 g/mol. The van der Waals surface area contributed by atoms with Gasteiger partial charge in [0.15, 0.2) is 0 Å². The molecule has 0 radical (unpaired) electrons. The van der Waals surface area contributed by atoms with Gasteiger partial charge in [-0.25, -0.2) is 9.18 Å². The van der Waals surface area contributed by atoms with Crippen LogP contribution in [0, 0.1) is 5.82 Å². The molecule has 0 bridgehead atoms. The van der Waals surface area contributed by atoms with E-state index in [2.05, 4.69) is 0 Å². The van der Waals surface area contributed by atoms with E-state index in [1.165, 1.54) is 23.1 Å². The van der Waals surface area contributed by atoms with Gasteiger partial charge in [-0.15, -0.1) is 0 Å². The Morgan fingerprint density at radius 1 is 1.10 bits per heavy atom. The maximum Gasteiger partial charge on any atom is 0.414 e. The van der Waals surface area contributed by atoms with Crippen molar-refractivity contribution in [3.63, 3.8) is 0 Å². The number of carbonyl (C=O) groups is 1. The van der Waals surface area contributed by atoms with Crippen LogP contribution < -0.4 is 4.74 Å². The number of carbonyl (C=O) groups excluding carboxylic acids is 1.